The Morgan fingerprint density at radius 1 is 1.00 bits per heavy atom. The van der Waals surface area contributed by atoms with Crippen molar-refractivity contribution in [3.8, 4) is 11.5 Å². The highest BCUT2D eigenvalue weighted by Crippen LogP contribution is 2.18. The van der Waals surface area contributed by atoms with Gasteiger partial charge in [0.15, 0.2) is 0 Å². The molecule has 0 amide bonds. The predicted octanol–water partition coefficient (Wildman–Crippen LogP) is 2.59. The zero-order valence-corrected chi connectivity index (χ0v) is 10.6. The van der Waals surface area contributed by atoms with Crippen LogP contribution in [0.3, 0.4) is 0 Å². The van der Waals surface area contributed by atoms with E-state index < -0.39 is 0 Å². The van der Waals surface area contributed by atoms with Crippen molar-refractivity contribution in [2.24, 2.45) is 0 Å². The molecule has 0 saturated heterocycles. The average Bonchev–Trinajstić information content (AvgIpc) is 2.85. The monoisotopic (exact) mass is 247 g/mol. The Bertz CT molecular complexity index is 476. The number of benzene rings is 1. The number of nitrogens with one attached hydrogen (secondary N) is 1. The summed E-state index contributed by atoms with van der Waals surface area (Å²) in [5.74, 6) is 3.33. The Labute approximate surface area is 107 Å². The second-order valence-electron chi connectivity index (χ2n) is 3.86. The van der Waals surface area contributed by atoms with Gasteiger partial charge < -0.3 is 19.2 Å². The first-order valence-corrected chi connectivity index (χ1v) is 5.81. The van der Waals surface area contributed by atoms with Gasteiger partial charge in [0.1, 0.15) is 29.6 Å². The van der Waals surface area contributed by atoms with Crippen LogP contribution in [-0.2, 0) is 13.2 Å². The molecule has 0 aliphatic heterocycles. The third kappa shape index (κ3) is 3.28. The summed E-state index contributed by atoms with van der Waals surface area (Å²) in [4.78, 5) is 0. The van der Waals surface area contributed by atoms with Crippen molar-refractivity contribution >= 4 is 0 Å². The first kappa shape index (κ1) is 12.5. The lowest BCUT2D eigenvalue weighted by atomic mass is 10.3. The highest BCUT2D eigenvalue weighted by atomic mass is 16.5. The fourth-order valence-electron chi connectivity index (χ4n) is 1.60. The van der Waals surface area contributed by atoms with Gasteiger partial charge in [-0.3, -0.25) is 0 Å². The van der Waals surface area contributed by atoms with Gasteiger partial charge >= 0.3 is 0 Å². The standard InChI is InChI=1S/C14H17NO3/c1-15-9-13-7-8-14(18-13)10-17-12-5-3-11(16-2)4-6-12/h3-8,15H,9-10H2,1-2H3. The lowest BCUT2D eigenvalue weighted by Gasteiger charge is -2.05. The fourth-order valence-corrected chi connectivity index (χ4v) is 1.60. The smallest absolute Gasteiger partial charge is 0.146 e. The van der Waals surface area contributed by atoms with E-state index in [-0.39, 0.29) is 0 Å². The summed E-state index contributed by atoms with van der Waals surface area (Å²) in [5, 5.41) is 3.04. The summed E-state index contributed by atoms with van der Waals surface area (Å²) in [6, 6.07) is 11.3. The van der Waals surface area contributed by atoms with Crippen LogP contribution in [0, 0.1) is 0 Å². The Balaban J connectivity index is 1.89. The average molecular weight is 247 g/mol. The molecule has 0 aliphatic carbocycles. The van der Waals surface area contributed by atoms with Gasteiger partial charge in [-0.25, -0.2) is 0 Å². The minimum atomic E-state index is 0.427. The van der Waals surface area contributed by atoms with Gasteiger partial charge in [0.2, 0.25) is 0 Å². The van der Waals surface area contributed by atoms with E-state index in [0.717, 1.165) is 29.6 Å². The Morgan fingerprint density at radius 2 is 1.67 bits per heavy atom. The maximum Gasteiger partial charge on any atom is 0.146 e. The van der Waals surface area contributed by atoms with Crippen LogP contribution in [0.4, 0.5) is 0 Å². The molecule has 0 spiro atoms. The number of ether oxygens (including phenoxy) is 2. The lowest BCUT2D eigenvalue weighted by molar-refractivity contribution is 0.265. The van der Waals surface area contributed by atoms with Crippen LogP contribution in [0.2, 0.25) is 0 Å². The van der Waals surface area contributed by atoms with Crippen molar-refractivity contribution < 1.29 is 13.9 Å². The second-order valence-corrected chi connectivity index (χ2v) is 3.86. The van der Waals surface area contributed by atoms with Gasteiger partial charge in [0, 0.05) is 0 Å². The van der Waals surface area contributed by atoms with E-state index >= 15 is 0 Å². The molecular weight excluding hydrogens is 230 g/mol. The van der Waals surface area contributed by atoms with E-state index in [1.807, 2.05) is 43.4 Å². The summed E-state index contributed by atoms with van der Waals surface area (Å²) in [7, 11) is 3.53. The van der Waals surface area contributed by atoms with Crippen molar-refractivity contribution in [2.45, 2.75) is 13.2 Å². The molecule has 2 rings (SSSR count). The molecule has 0 aliphatic rings. The number of hydrogen-bond donors (Lipinski definition) is 1. The molecule has 1 N–H and O–H groups in total. The van der Waals surface area contributed by atoms with Crippen LogP contribution in [0.25, 0.3) is 0 Å². The summed E-state index contributed by atoms with van der Waals surface area (Å²) in [6.07, 6.45) is 0. The van der Waals surface area contributed by atoms with E-state index in [1.54, 1.807) is 7.11 Å². The molecule has 18 heavy (non-hydrogen) atoms. The Kier molecular flexibility index (Phi) is 4.25. The molecule has 1 aromatic heterocycles. The normalized spacial score (nSPS) is 10.3. The van der Waals surface area contributed by atoms with Crippen LogP contribution >= 0.6 is 0 Å². The minimum absolute atomic E-state index is 0.427. The highest BCUT2D eigenvalue weighted by molar-refractivity contribution is 5.31. The summed E-state index contributed by atoms with van der Waals surface area (Å²) in [6.45, 7) is 1.15. The van der Waals surface area contributed by atoms with Crippen LogP contribution in [0.15, 0.2) is 40.8 Å². The fraction of sp³-hybridized carbons (Fsp3) is 0.286. The lowest BCUT2D eigenvalue weighted by Crippen LogP contribution is -2.03. The first-order chi connectivity index (χ1) is 8.81. The van der Waals surface area contributed by atoms with Crippen LogP contribution in [0.5, 0.6) is 11.5 Å². The van der Waals surface area contributed by atoms with Crippen molar-refractivity contribution in [1.82, 2.24) is 5.32 Å². The van der Waals surface area contributed by atoms with Gasteiger partial charge in [0.25, 0.3) is 0 Å². The van der Waals surface area contributed by atoms with Crippen molar-refractivity contribution in [1.29, 1.82) is 0 Å². The molecule has 4 nitrogen and oxygen atoms in total. The molecule has 2 aromatic rings. The predicted molar refractivity (Wildman–Crippen MR) is 68.8 cm³/mol. The van der Waals surface area contributed by atoms with Gasteiger partial charge in [-0.15, -0.1) is 0 Å². The van der Waals surface area contributed by atoms with E-state index in [2.05, 4.69) is 5.32 Å². The largest absolute Gasteiger partial charge is 0.497 e. The molecule has 0 saturated carbocycles. The number of rotatable bonds is 6. The Morgan fingerprint density at radius 3 is 2.33 bits per heavy atom. The molecule has 1 heterocycles. The molecule has 0 bridgehead atoms. The van der Waals surface area contributed by atoms with E-state index in [1.165, 1.54) is 0 Å². The minimum Gasteiger partial charge on any atom is -0.497 e. The van der Waals surface area contributed by atoms with Gasteiger partial charge in [-0.05, 0) is 43.4 Å². The van der Waals surface area contributed by atoms with E-state index in [9.17, 15) is 0 Å². The molecule has 1 aromatic carbocycles. The van der Waals surface area contributed by atoms with Crippen molar-refractivity contribution in [3.05, 3.63) is 47.9 Å². The Hall–Kier alpha value is -1.94. The van der Waals surface area contributed by atoms with Crippen LogP contribution < -0.4 is 14.8 Å². The van der Waals surface area contributed by atoms with Gasteiger partial charge in [-0.1, -0.05) is 0 Å². The molecule has 0 atom stereocenters. The third-order valence-corrected chi connectivity index (χ3v) is 2.51. The summed E-state index contributed by atoms with van der Waals surface area (Å²) < 4.78 is 16.3. The van der Waals surface area contributed by atoms with Crippen molar-refractivity contribution in [3.63, 3.8) is 0 Å². The molecule has 4 heteroatoms. The van der Waals surface area contributed by atoms with Crippen molar-refractivity contribution in [2.75, 3.05) is 14.2 Å². The van der Waals surface area contributed by atoms with Crippen LogP contribution in [-0.4, -0.2) is 14.2 Å². The molecule has 0 fully saturated rings. The van der Waals surface area contributed by atoms with E-state index in [4.69, 9.17) is 13.9 Å². The molecule has 0 unspecified atom stereocenters. The number of furan rings is 1. The quantitative estimate of drug-likeness (QED) is 0.852. The first-order valence-electron chi connectivity index (χ1n) is 5.81. The van der Waals surface area contributed by atoms with Gasteiger partial charge in [0.05, 0.1) is 13.7 Å². The van der Waals surface area contributed by atoms with Gasteiger partial charge in [-0.2, -0.15) is 0 Å². The summed E-state index contributed by atoms with van der Waals surface area (Å²) >= 11 is 0. The topological polar surface area (TPSA) is 43.6 Å². The van der Waals surface area contributed by atoms with E-state index in [0.29, 0.717) is 6.61 Å². The number of methoxy groups -OCH3 is 1. The SMILES string of the molecule is CNCc1ccc(COc2ccc(OC)cc2)o1. The third-order valence-electron chi connectivity index (χ3n) is 2.51. The highest BCUT2D eigenvalue weighted by Gasteiger charge is 2.02. The van der Waals surface area contributed by atoms with Crippen LogP contribution in [0.1, 0.15) is 11.5 Å². The molecule has 0 radical (unpaired) electrons. The zero-order chi connectivity index (χ0) is 12.8. The number of hydrogen-bond acceptors (Lipinski definition) is 4. The molecule has 96 valence electrons. The second kappa shape index (κ2) is 6.12. The summed E-state index contributed by atoms with van der Waals surface area (Å²) in [5.41, 5.74) is 0. The maximum atomic E-state index is 5.61. The maximum absolute atomic E-state index is 5.61. The zero-order valence-electron chi connectivity index (χ0n) is 10.6. The molecular formula is C14H17NO3.